The smallest absolute Gasteiger partial charge is 0.355 e. The van der Waals surface area contributed by atoms with Gasteiger partial charge in [-0.05, 0) is 46.5 Å². The Hall–Kier alpha value is -2.41. The number of pyridine rings is 1. The number of fused-ring (bicyclic) bond motifs is 1. The van der Waals surface area contributed by atoms with Crippen molar-refractivity contribution in [1.82, 2.24) is 14.8 Å². The molecule has 0 radical (unpaired) electrons. The Labute approximate surface area is 154 Å². The van der Waals surface area contributed by atoms with Gasteiger partial charge in [-0.3, -0.25) is 4.98 Å². The molecule has 2 heterocycles. The molecule has 0 spiro atoms. The molecule has 0 saturated carbocycles. The molecule has 0 saturated heterocycles. The number of rotatable bonds is 7. The van der Waals surface area contributed by atoms with E-state index in [1.54, 1.807) is 32.3 Å². The molecule has 2 rings (SSSR count). The minimum absolute atomic E-state index is 0.115. The second kappa shape index (κ2) is 8.80. The van der Waals surface area contributed by atoms with Crippen molar-refractivity contribution in [2.45, 2.75) is 26.8 Å². The van der Waals surface area contributed by atoms with E-state index in [1.165, 1.54) is 0 Å². The maximum atomic E-state index is 12.8. The van der Waals surface area contributed by atoms with Gasteiger partial charge in [-0.15, -0.1) is 0 Å². The van der Waals surface area contributed by atoms with Gasteiger partial charge < -0.3 is 19.3 Å². The van der Waals surface area contributed by atoms with Gasteiger partial charge in [0.15, 0.2) is 0 Å². The molecule has 1 unspecified atom stereocenters. The molecule has 0 N–H and O–H groups in total. The summed E-state index contributed by atoms with van der Waals surface area (Å²) in [4.78, 5) is 33.6. The summed E-state index contributed by atoms with van der Waals surface area (Å²) in [6.07, 6.45) is 3.35. The first-order chi connectivity index (χ1) is 12.4. The van der Waals surface area contributed by atoms with Crippen LogP contribution in [0.25, 0.3) is 5.57 Å². The van der Waals surface area contributed by atoms with E-state index in [0.29, 0.717) is 12.1 Å². The van der Waals surface area contributed by atoms with E-state index in [4.69, 9.17) is 9.47 Å². The van der Waals surface area contributed by atoms with Crippen LogP contribution in [0.15, 0.2) is 24.2 Å². The summed E-state index contributed by atoms with van der Waals surface area (Å²) in [7, 11) is 3.92. The zero-order chi connectivity index (χ0) is 19.3. The number of likely N-dealkylation sites (N-methyl/N-ethyl adjacent to an activating group) is 1. The predicted octanol–water partition coefficient (Wildman–Crippen LogP) is 1.86. The van der Waals surface area contributed by atoms with Crippen LogP contribution in [0.3, 0.4) is 0 Å². The number of carbonyl (C=O) groups excluding carboxylic acids is 2. The van der Waals surface area contributed by atoms with Gasteiger partial charge in [0.25, 0.3) is 0 Å². The van der Waals surface area contributed by atoms with Crippen LogP contribution in [0.2, 0.25) is 0 Å². The summed E-state index contributed by atoms with van der Waals surface area (Å²) < 4.78 is 10.5. The zero-order valence-electron chi connectivity index (χ0n) is 16.1. The SMILES string of the molecule is CCOC(=O)C1=C(C(=O)OCC)N(CCN(C)C)C(C)c2cnccc21. The first-order valence-electron chi connectivity index (χ1n) is 8.86. The summed E-state index contributed by atoms with van der Waals surface area (Å²) in [6.45, 7) is 7.24. The topological polar surface area (TPSA) is 72.0 Å². The van der Waals surface area contributed by atoms with Gasteiger partial charge in [-0.2, -0.15) is 0 Å². The first-order valence-corrected chi connectivity index (χ1v) is 8.86. The van der Waals surface area contributed by atoms with Gasteiger partial charge >= 0.3 is 11.9 Å². The molecular formula is C19H27N3O4. The molecule has 0 aliphatic carbocycles. The van der Waals surface area contributed by atoms with E-state index < -0.39 is 11.9 Å². The highest BCUT2D eigenvalue weighted by atomic mass is 16.5. The molecule has 7 heteroatoms. The number of ether oxygens (including phenoxy) is 2. The van der Waals surface area contributed by atoms with Gasteiger partial charge in [0.1, 0.15) is 5.70 Å². The molecule has 142 valence electrons. The highest BCUT2D eigenvalue weighted by Crippen LogP contribution is 2.39. The molecule has 1 aliphatic rings. The largest absolute Gasteiger partial charge is 0.462 e. The quantitative estimate of drug-likeness (QED) is 0.686. The van der Waals surface area contributed by atoms with Crippen LogP contribution >= 0.6 is 0 Å². The minimum atomic E-state index is -0.523. The Bertz CT molecular complexity index is 700. The predicted molar refractivity (Wildman–Crippen MR) is 98.1 cm³/mol. The lowest BCUT2D eigenvalue weighted by atomic mass is 9.90. The monoisotopic (exact) mass is 361 g/mol. The van der Waals surface area contributed by atoms with Gasteiger partial charge in [0.05, 0.1) is 24.8 Å². The van der Waals surface area contributed by atoms with Crippen LogP contribution in [0, 0.1) is 0 Å². The average molecular weight is 361 g/mol. The molecule has 1 aromatic heterocycles. The lowest BCUT2D eigenvalue weighted by Crippen LogP contribution is -2.40. The van der Waals surface area contributed by atoms with Crippen molar-refractivity contribution in [1.29, 1.82) is 0 Å². The van der Waals surface area contributed by atoms with Crippen LogP contribution in [0.4, 0.5) is 0 Å². The number of hydrogen-bond donors (Lipinski definition) is 0. The van der Waals surface area contributed by atoms with Crippen molar-refractivity contribution in [2.75, 3.05) is 40.4 Å². The fourth-order valence-corrected chi connectivity index (χ4v) is 3.04. The van der Waals surface area contributed by atoms with Crippen LogP contribution < -0.4 is 0 Å². The summed E-state index contributed by atoms with van der Waals surface area (Å²) in [6, 6.07) is 1.64. The molecule has 1 aliphatic heterocycles. The molecule has 1 aromatic rings. The Morgan fingerprint density at radius 3 is 2.46 bits per heavy atom. The number of esters is 2. The van der Waals surface area contributed by atoms with E-state index in [-0.39, 0.29) is 30.5 Å². The highest BCUT2D eigenvalue weighted by molar-refractivity contribution is 6.23. The van der Waals surface area contributed by atoms with Crippen molar-refractivity contribution in [3.8, 4) is 0 Å². The fraction of sp³-hybridized carbons (Fsp3) is 0.526. The van der Waals surface area contributed by atoms with Crippen LogP contribution in [0.5, 0.6) is 0 Å². The molecule has 1 atom stereocenters. The fourth-order valence-electron chi connectivity index (χ4n) is 3.04. The summed E-state index contributed by atoms with van der Waals surface area (Å²) >= 11 is 0. The summed E-state index contributed by atoms with van der Waals surface area (Å²) in [5, 5.41) is 0. The first kappa shape index (κ1) is 19.9. The Balaban J connectivity index is 2.65. The van der Waals surface area contributed by atoms with Gasteiger partial charge in [0, 0.05) is 31.0 Å². The Morgan fingerprint density at radius 1 is 1.19 bits per heavy atom. The lowest BCUT2D eigenvalue weighted by molar-refractivity contribution is -0.142. The number of aromatic nitrogens is 1. The molecule has 0 bridgehead atoms. The molecule has 0 fully saturated rings. The third-order valence-corrected chi connectivity index (χ3v) is 4.30. The van der Waals surface area contributed by atoms with Crippen LogP contribution in [-0.4, -0.2) is 67.1 Å². The maximum Gasteiger partial charge on any atom is 0.355 e. The van der Waals surface area contributed by atoms with Crippen molar-refractivity contribution in [3.05, 3.63) is 35.3 Å². The van der Waals surface area contributed by atoms with E-state index in [1.807, 2.05) is 30.8 Å². The number of carbonyl (C=O) groups is 2. The van der Waals surface area contributed by atoms with Gasteiger partial charge in [-0.25, -0.2) is 9.59 Å². The average Bonchev–Trinajstić information content (AvgIpc) is 2.60. The summed E-state index contributed by atoms with van der Waals surface area (Å²) in [5.74, 6) is -1.03. The summed E-state index contributed by atoms with van der Waals surface area (Å²) in [5.41, 5.74) is 2.08. The third kappa shape index (κ3) is 4.04. The number of hydrogen-bond acceptors (Lipinski definition) is 7. The third-order valence-electron chi connectivity index (χ3n) is 4.30. The molecule has 7 nitrogen and oxygen atoms in total. The van der Waals surface area contributed by atoms with Crippen molar-refractivity contribution < 1.29 is 19.1 Å². The lowest BCUT2D eigenvalue weighted by Gasteiger charge is -2.38. The van der Waals surface area contributed by atoms with Crippen molar-refractivity contribution in [2.24, 2.45) is 0 Å². The Kier molecular flexibility index (Phi) is 6.74. The van der Waals surface area contributed by atoms with E-state index >= 15 is 0 Å². The van der Waals surface area contributed by atoms with E-state index in [2.05, 4.69) is 4.98 Å². The van der Waals surface area contributed by atoms with Crippen molar-refractivity contribution in [3.63, 3.8) is 0 Å². The Morgan fingerprint density at radius 2 is 1.85 bits per heavy atom. The number of nitrogens with zero attached hydrogens (tertiary/aromatic N) is 3. The zero-order valence-corrected chi connectivity index (χ0v) is 16.1. The van der Waals surface area contributed by atoms with Crippen molar-refractivity contribution >= 4 is 17.5 Å². The van der Waals surface area contributed by atoms with E-state index in [0.717, 1.165) is 12.1 Å². The maximum absolute atomic E-state index is 12.8. The standard InChI is InChI=1S/C19H27N3O4/c1-6-25-18(23)16-14-8-9-20-12-15(14)13(3)22(11-10-21(4)5)17(16)19(24)26-7-2/h8-9,12-13H,6-7,10-11H2,1-5H3. The minimum Gasteiger partial charge on any atom is -0.462 e. The van der Waals surface area contributed by atoms with Gasteiger partial charge in [-0.1, -0.05) is 0 Å². The van der Waals surface area contributed by atoms with Crippen LogP contribution in [-0.2, 0) is 19.1 Å². The normalized spacial score (nSPS) is 16.5. The van der Waals surface area contributed by atoms with Crippen LogP contribution in [0.1, 0.15) is 37.9 Å². The second-order valence-corrected chi connectivity index (χ2v) is 6.30. The molecular weight excluding hydrogens is 334 g/mol. The van der Waals surface area contributed by atoms with E-state index in [9.17, 15) is 9.59 Å². The van der Waals surface area contributed by atoms with Gasteiger partial charge in [0.2, 0.25) is 0 Å². The molecule has 0 amide bonds. The molecule has 0 aromatic carbocycles. The molecule has 26 heavy (non-hydrogen) atoms. The second-order valence-electron chi connectivity index (χ2n) is 6.30. The highest BCUT2D eigenvalue weighted by Gasteiger charge is 2.38.